The van der Waals surface area contributed by atoms with Crippen molar-refractivity contribution in [3.05, 3.63) is 101 Å². The Labute approximate surface area is 209 Å². The number of hydrogen-bond acceptors (Lipinski definition) is 2. The van der Waals surface area contributed by atoms with Gasteiger partial charge in [-0.25, -0.2) is 13.8 Å². The number of halogens is 8. The van der Waals surface area contributed by atoms with E-state index in [0.717, 1.165) is 12.1 Å². The zero-order chi connectivity index (χ0) is 27.2. The summed E-state index contributed by atoms with van der Waals surface area (Å²) in [6.07, 6.45) is -6.90. The lowest BCUT2D eigenvalue weighted by Gasteiger charge is -2.16. The molecule has 0 aliphatic heterocycles. The lowest BCUT2D eigenvalue weighted by molar-refractivity contribution is -0.745. The van der Waals surface area contributed by atoms with Crippen LogP contribution < -0.4 is 4.68 Å². The van der Waals surface area contributed by atoms with Crippen molar-refractivity contribution in [2.24, 2.45) is 0 Å². The molecule has 12 heteroatoms. The molecule has 0 unspecified atom stereocenters. The van der Waals surface area contributed by atoms with E-state index in [2.05, 4.69) is 15.1 Å². The molecule has 2 aromatic heterocycles. The van der Waals surface area contributed by atoms with E-state index in [9.17, 15) is 35.1 Å². The van der Waals surface area contributed by atoms with Crippen LogP contribution in [0.25, 0.3) is 33.5 Å². The topological polar surface area (TPSA) is 45.5 Å². The van der Waals surface area contributed by atoms with Crippen molar-refractivity contribution < 1.29 is 39.8 Å². The molecule has 4 nitrogen and oxygen atoms in total. The predicted molar refractivity (Wildman–Crippen MR) is 120 cm³/mol. The minimum atomic E-state index is -4.98. The van der Waals surface area contributed by atoms with Crippen molar-refractivity contribution >= 4 is 11.0 Å². The number of nitrogens with one attached hydrogen (secondary N) is 1. The monoisotopic (exact) mass is 535 g/mol. The molecule has 0 radical (unpaired) electrons. The quantitative estimate of drug-likeness (QED) is 0.200. The van der Waals surface area contributed by atoms with Crippen LogP contribution in [-0.4, -0.2) is 15.1 Å². The number of alkyl halides is 6. The molecular formula is C26H15F8N4+. The summed E-state index contributed by atoms with van der Waals surface area (Å²) in [5.74, 6) is -1.95. The van der Waals surface area contributed by atoms with Crippen LogP contribution in [0, 0.1) is 11.6 Å². The summed E-state index contributed by atoms with van der Waals surface area (Å²) in [6.45, 7) is 0.192. The number of fused-ring (bicyclic) bond motifs is 1. The van der Waals surface area contributed by atoms with E-state index in [1.807, 2.05) is 0 Å². The molecule has 0 spiro atoms. The number of rotatable bonds is 4. The number of aromatic nitrogens is 4. The molecule has 0 aliphatic rings. The van der Waals surface area contributed by atoms with E-state index in [-0.39, 0.29) is 35.1 Å². The van der Waals surface area contributed by atoms with Crippen molar-refractivity contribution in [3.8, 4) is 22.5 Å². The highest BCUT2D eigenvalue weighted by molar-refractivity contribution is 5.77. The second kappa shape index (κ2) is 9.19. The van der Waals surface area contributed by atoms with Crippen LogP contribution in [0.3, 0.4) is 0 Å². The average Bonchev–Trinajstić information content (AvgIpc) is 3.28. The van der Waals surface area contributed by atoms with Crippen LogP contribution in [0.15, 0.2) is 73.1 Å². The Morgan fingerprint density at radius 3 is 2.24 bits per heavy atom. The maximum absolute atomic E-state index is 14.1. The SMILES string of the molecule is Fc1cccc(-c2nc3cn[n+](Cc4ccc(-c5ccc(C(F)(F)F)cc5C(F)(F)F)cc4)cc3[nH]2)c1F. The third kappa shape index (κ3) is 4.93. The number of imidazole rings is 1. The van der Waals surface area contributed by atoms with Crippen LogP contribution in [0.2, 0.25) is 0 Å². The van der Waals surface area contributed by atoms with E-state index in [0.29, 0.717) is 22.7 Å². The number of nitrogens with zero attached hydrogens (tertiary/aromatic N) is 3. The van der Waals surface area contributed by atoms with Gasteiger partial charge in [-0.15, -0.1) is 0 Å². The predicted octanol–water partition coefficient (Wildman–Crippen LogP) is 6.94. The summed E-state index contributed by atoms with van der Waals surface area (Å²) in [7, 11) is 0. The van der Waals surface area contributed by atoms with Gasteiger partial charge in [-0.05, 0) is 40.5 Å². The molecule has 0 saturated carbocycles. The van der Waals surface area contributed by atoms with E-state index >= 15 is 0 Å². The van der Waals surface area contributed by atoms with Crippen molar-refractivity contribution in [1.82, 2.24) is 15.1 Å². The van der Waals surface area contributed by atoms with Crippen molar-refractivity contribution in [1.29, 1.82) is 0 Å². The van der Waals surface area contributed by atoms with Crippen LogP contribution >= 0.6 is 0 Å². The van der Waals surface area contributed by atoms with Crippen molar-refractivity contribution in [3.63, 3.8) is 0 Å². The normalized spacial score (nSPS) is 12.3. The second-order valence-corrected chi connectivity index (χ2v) is 8.41. The van der Waals surface area contributed by atoms with E-state index in [1.165, 1.54) is 47.3 Å². The fourth-order valence-electron chi connectivity index (χ4n) is 3.99. The van der Waals surface area contributed by atoms with Gasteiger partial charge in [-0.3, -0.25) is 0 Å². The first-order chi connectivity index (χ1) is 17.9. The maximum Gasteiger partial charge on any atom is 0.417 e. The molecule has 0 aliphatic carbocycles. The Morgan fingerprint density at radius 1 is 0.816 bits per heavy atom. The van der Waals surface area contributed by atoms with Gasteiger partial charge in [0.15, 0.2) is 18.2 Å². The highest BCUT2D eigenvalue weighted by atomic mass is 19.4. The molecule has 0 saturated heterocycles. The van der Waals surface area contributed by atoms with E-state index in [4.69, 9.17) is 0 Å². The largest absolute Gasteiger partial charge is 0.417 e. The smallest absolute Gasteiger partial charge is 0.333 e. The summed E-state index contributed by atoms with van der Waals surface area (Å²) < 4.78 is 109. The zero-order valence-electron chi connectivity index (χ0n) is 19.0. The van der Waals surface area contributed by atoms with Gasteiger partial charge in [0, 0.05) is 5.56 Å². The number of benzene rings is 3. The highest BCUT2D eigenvalue weighted by Crippen LogP contribution is 2.41. The average molecular weight is 535 g/mol. The van der Waals surface area contributed by atoms with Crippen molar-refractivity contribution in [2.75, 3.05) is 0 Å². The first kappa shape index (κ1) is 25.3. The third-order valence-corrected chi connectivity index (χ3v) is 5.84. The van der Waals surface area contributed by atoms with Crippen LogP contribution in [-0.2, 0) is 18.9 Å². The van der Waals surface area contributed by atoms with Crippen LogP contribution in [0.4, 0.5) is 35.1 Å². The first-order valence-corrected chi connectivity index (χ1v) is 11.0. The first-order valence-electron chi connectivity index (χ1n) is 11.0. The molecular weight excluding hydrogens is 520 g/mol. The number of hydrogen-bond donors (Lipinski definition) is 1. The van der Waals surface area contributed by atoms with Gasteiger partial charge in [0.1, 0.15) is 23.1 Å². The van der Waals surface area contributed by atoms with Crippen LogP contribution in [0.1, 0.15) is 16.7 Å². The molecule has 0 amide bonds. The summed E-state index contributed by atoms with van der Waals surface area (Å²) >= 11 is 0. The molecule has 194 valence electrons. The summed E-state index contributed by atoms with van der Waals surface area (Å²) in [4.78, 5) is 7.13. The minimum Gasteiger partial charge on any atom is -0.333 e. The Bertz CT molecular complexity index is 1640. The second-order valence-electron chi connectivity index (χ2n) is 8.41. The van der Waals surface area contributed by atoms with Gasteiger partial charge in [-0.1, -0.05) is 41.1 Å². The Morgan fingerprint density at radius 2 is 1.55 bits per heavy atom. The van der Waals surface area contributed by atoms with Gasteiger partial charge in [0.25, 0.3) is 0 Å². The molecule has 0 fully saturated rings. The van der Waals surface area contributed by atoms with Crippen LogP contribution in [0.5, 0.6) is 0 Å². The Kier molecular flexibility index (Phi) is 6.12. The van der Waals surface area contributed by atoms with Gasteiger partial charge in [0.2, 0.25) is 6.20 Å². The fraction of sp³-hybridized carbons (Fsp3) is 0.115. The zero-order valence-corrected chi connectivity index (χ0v) is 19.0. The summed E-state index contributed by atoms with van der Waals surface area (Å²) in [6, 6.07) is 11.1. The number of aromatic amines is 1. The maximum atomic E-state index is 14.1. The molecule has 38 heavy (non-hydrogen) atoms. The summed E-state index contributed by atoms with van der Waals surface area (Å²) in [5, 5.41) is 4.22. The molecule has 0 bridgehead atoms. The molecule has 3 aromatic carbocycles. The molecule has 1 N–H and O–H groups in total. The van der Waals surface area contributed by atoms with E-state index < -0.39 is 35.1 Å². The lowest BCUT2D eigenvalue weighted by Crippen LogP contribution is -2.37. The fourth-order valence-corrected chi connectivity index (χ4v) is 3.99. The molecule has 5 aromatic rings. The Balaban J connectivity index is 1.41. The van der Waals surface area contributed by atoms with Gasteiger partial charge in [-0.2, -0.15) is 26.3 Å². The van der Waals surface area contributed by atoms with Gasteiger partial charge < -0.3 is 4.98 Å². The van der Waals surface area contributed by atoms with Gasteiger partial charge >= 0.3 is 12.4 Å². The molecule has 0 atom stereocenters. The minimum absolute atomic E-state index is 0.0511. The Hall–Kier alpha value is -4.35. The van der Waals surface area contributed by atoms with Crippen molar-refractivity contribution in [2.45, 2.75) is 18.9 Å². The lowest BCUT2D eigenvalue weighted by atomic mass is 9.96. The summed E-state index contributed by atoms with van der Waals surface area (Å²) in [5.41, 5.74) is -1.58. The third-order valence-electron chi connectivity index (χ3n) is 5.84. The van der Waals surface area contributed by atoms with Gasteiger partial charge in [0.05, 0.1) is 16.7 Å². The molecule has 5 rings (SSSR count). The number of H-pyrrole nitrogens is 1. The van der Waals surface area contributed by atoms with E-state index in [1.54, 1.807) is 6.20 Å². The standard InChI is InChI=1S/C26H14F8N4/c27-20-3-1-2-18(23(20)28)24-36-21-11-35-38(13-22(21)37-24)12-14-4-6-15(7-5-14)17-9-8-16(25(29,30)31)10-19(17)26(32,33)34/h1-11,13H,12H2/p+1. The molecule has 2 heterocycles. The highest BCUT2D eigenvalue weighted by Gasteiger charge is 2.38.